The monoisotopic (exact) mass is 203 g/mol. The Kier molecular flexibility index (Phi) is 2.95. The van der Waals surface area contributed by atoms with Crippen molar-refractivity contribution in [3.05, 3.63) is 29.8 Å². The first kappa shape index (κ1) is 10.1. The lowest BCUT2D eigenvalue weighted by Crippen LogP contribution is -2.25. The van der Waals surface area contributed by atoms with Crippen molar-refractivity contribution in [3.63, 3.8) is 0 Å². The van der Waals surface area contributed by atoms with E-state index in [-0.39, 0.29) is 0 Å². The Morgan fingerprint density at radius 3 is 2.93 bits per heavy atom. The number of hydrogen-bond acceptors (Lipinski definition) is 2. The van der Waals surface area contributed by atoms with E-state index >= 15 is 0 Å². The largest absolute Gasteiger partial charge is 0.494 e. The van der Waals surface area contributed by atoms with Gasteiger partial charge in [0.15, 0.2) is 0 Å². The van der Waals surface area contributed by atoms with E-state index in [1.54, 1.807) is 0 Å². The zero-order valence-corrected chi connectivity index (χ0v) is 9.36. The topological polar surface area (TPSA) is 12.5 Å². The molecule has 0 aliphatic carbocycles. The van der Waals surface area contributed by atoms with Crippen LogP contribution in [0.25, 0.3) is 6.08 Å². The van der Waals surface area contributed by atoms with E-state index in [1.807, 2.05) is 13.0 Å². The summed E-state index contributed by atoms with van der Waals surface area (Å²) in [5, 5.41) is 0. The molecule has 0 spiro atoms. The van der Waals surface area contributed by atoms with E-state index < -0.39 is 0 Å². The Balaban J connectivity index is 2.33. The Morgan fingerprint density at radius 1 is 1.33 bits per heavy atom. The number of nitrogens with zero attached hydrogens (tertiary/aromatic N) is 1. The molecule has 0 amide bonds. The van der Waals surface area contributed by atoms with Gasteiger partial charge in [0, 0.05) is 24.3 Å². The van der Waals surface area contributed by atoms with Crippen LogP contribution in [0.4, 0.5) is 5.69 Å². The van der Waals surface area contributed by atoms with Gasteiger partial charge in [-0.25, -0.2) is 0 Å². The number of likely N-dealkylation sites (N-methyl/N-ethyl adjacent to an activating group) is 1. The van der Waals surface area contributed by atoms with Crippen molar-refractivity contribution in [2.24, 2.45) is 0 Å². The predicted molar refractivity (Wildman–Crippen MR) is 64.5 cm³/mol. The molecule has 0 unspecified atom stereocenters. The van der Waals surface area contributed by atoms with Crippen LogP contribution in [0.3, 0.4) is 0 Å². The molecule has 0 fully saturated rings. The lowest BCUT2D eigenvalue weighted by Gasteiger charge is -2.27. The molecular weight excluding hydrogens is 186 g/mol. The van der Waals surface area contributed by atoms with Gasteiger partial charge in [-0.05, 0) is 32.0 Å². The molecule has 2 rings (SSSR count). The molecule has 2 nitrogen and oxygen atoms in total. The minimum Gasteiger partial charge on any atom is -0.494 e. The number of hydrogen-bond donors (Lipinski definition) is 0. The average molecular weight is 203 g/mol. The lowest BCUT2D eigenvalue weighted by atomic mass is 10.1. The van der Waals surface area contributed by atoms with Gasteiger partial charge in [0.25, 0.3) is 0 Å². The normalized spacial score (nSPS) is 13.9. The van der Waals surface area contributed by atoms with Crippen molar-refractivity contribution >= 4 is 11.8 Å². The quantitative estimate of drug-likeness (QED) is 0.749. The second-order valence-corrected chi connectivity index (χ2v) is 3.59. The average Bonchev–Trinajstić information content (AvgIpc) is 2.28. The Hall–Kier alpha value is -1.44. The van der Waals surface area contributed by atoms with Crippen LogP contribution in [0.5, 0.6) is 5.75 Å². The number of benzene rings is 1. The summed E-state index contributed by atoms with van der Waals surface area (Å²) in [4.78, 5) is 2.35. The first-order chi connectivity index (χ1) is 7.35. The summed E-state index contributed by atoms with van der Waals surface area (Å²) in [6, 6.07) is 6.30. The number of ether oxygens (including phenoxy) is 1. The molecule has 1 aromatic rings. The van der Waals surface area contributed by atoms with E-state index in [0.717, 1.165) is 25.4 Å². The third-order valence-electron chi connectivity index (χ3n) is 2.66. The van der Waals surface area contributed by atoms with E-state index in [2.05, 4.69) is 36.1 Å². The zero-order valence-electron chi connectivity index (χ0n) is 9.36. The molecule has 0 saturated heterocycles. The molecule has 0 saturated carbocycles. The lowest BCUT2D eigenvalue weighted by molar-refractivity contribution is 0.340. The highest BCUT2D eigenvalue weighted by Gasteiger charge is 2.11. The van der Waals surface area contributed by atoms with Gasteiger partial charge in [-0.2, -0.15) is 0 Å². The molecule has 0 N–H and O–H groups in total. The third-order valence-corrected chi connectivity index (χ3v) is 2.66. The summed E-state index contributed by atoms with van der Waals surface area (Å²) >= 11 is 0. The number of anilines is 1. The Morgan fingerprint density at radius 2 is 2.20 bits per heavy atom. The number of rotatable bonds is 3. The first-order valence-electron chi connectivity index (χ1n) is 5.53. The Labute approximate surface area is 91.2 Å². The highest BCUT2D eigenvalue weighted by Crippen LogP contribution is 2.29. The van der Waals surface area contributed by atoms with Crippen LogP contribution in [0.1, 0.15) is 19.4 Å². The van der Waals surface area contributed by atoms with Crippen LogP contribution in [0.15, 0.2) is 24.3 Å². The maximum Gasteiger partial charge on any atom is 0.120 e. The smallest absolute Gasteiger partial charge is 0.120 e. The Bertz CT molecular complexity index is 371. The van der Waals surface area contributed by atoms with Crippen molar-refractivity contribution < 1.29 is 4.74 Å². The second-order valence-electron chi connectivity index (χ2n) is 3.59. The molecule has 1 heterocycles. The zero-order chi connectivity index (χ0) is 10.7. The summed E-state index contributed by atoms with van der Waals surface area (Å²) in [5.41, 5.74) is 2.57. The first-order valence-corrected chi connectivity index (χ1v) is 5.53. The molecule has 1 aliphatic heterocycles. The van der Waals surface area contributed by atoms with Gasteiger partial charge in [0.2, 0.25) is 0 Å². The summed E-state index contributed by atoms with van der Waals surface area (Å²) < 4.78 is 5.49. The van der Waals surface area contributed by atoms with Crippen molar-refractivity contribution in [3.8, 4) is 5.75 Å². The maximum atomic E-state index is 5.49. The fraction of sp³-hybridized carbons (Fsp3) is 0.385. The summed E-state index contributed by atoms with van der Waals surface area (Å²) in [5.74, 6) is 0.957. The van der Waals surface area contributed by atoms with Gasteiger partial charge in [-0.15, -0.1) is 0 Å². The van der Waals surface area contributed by atoms with E-state index in [4.69, 9.17) is 4.74 Å². The van der Waals surface area contributed by atoms with Gasteiger partial charge < -0.3 is 9.64 Å². The molecule has 15 heavy (non-hydrogen) atoms. The minimum absolute atomic E-state index is 0.722. The predicted octanol–water partition coefficient (Wildman–Crippen LogP) is 2.94. The van der Waals surface area contributed by atoms with Crippen molar-refractivity contribution in [2.75, 3.05) is 24.6 Å². The second kappa shape index (κ2) is 4.39. The summed E-state index contributed by atoms with van der Waals surface area (Å²) in [6.07, 6.45) is 4.37. The van der Waals surface area contributed by atoms with Gasteiger partial charge >= 0.3 is 0 Å². The van der Waals surface area contributed by atoms with Gasteiger partial charge in [0.05, 0.1) is 6.61 Å². The molecule has 0 radical (unpaired) electrons. The molecule has 80 valence electrons. The molecule has 1 aromatic carbocycles. The number of fused-ring (bicyclic) bond motifs is 1. The van der Waals surface area contributed by atoms with Crippen LogP contribution in [-0.4, -0.2) is 19.7 Å². The molecule has 0 bridgehead atoms. The molecular formula is C13H17NO. The summed E-state index contributed by atoms with van der Waals surface area (Å²) in [6.45, 7) is 6.97. The summed E-state index contributed by atoms with van der Waals surface area (Å²) in [7, 11) is 0. The molecule has 0 aromatic heterocycles. The maximum absolute atomic E-state index is 5.49. The van der Waals surface area contributed by atoms with Crippen molar-refractivity contribution in [1.82, 2.24) is 0 Å². The fourth-order valence-corrected chi connectivity index (χ4v) is 1.92. The third kappa shape index (κ3) is 1.99. The van der Waals surface area contributed by atoms with Crippen LogP contribution in [0.2, 0.25) is 0 Å². The van der Waals surface area contributed by atoms with Crippen LogP contribution in [0, 0.1) is 0 Å². The fourth-order valence-electron chi connectivity index (χ4n) is 1.92. The van der Waals surface area contributed by atoms with Crippen LogP contribution < -0.4 is 9.64 Å². The van der Waals surface area contributed by atoms with E-state index in [9.17, 15) is 0 Å². The van der Waals surface area contributed by atoms with Crippen LogP contribution in [-0.2, 0) is 0 Å². The van der Waals surface area contributed by atoms with E-state index in [1.165, 1.54) is 11.3 Å². The molecule has 2 heteroatoms. The van der Waals surface area contributed by atoms with Crippen LogP contribution >= 0.6 is 0 Å². The van der Waals surface area contributed by atoms with Crippen molar-refractivity contribution in [1.29, 1.82) is 0 Å². The van der Waals surface area contributed by atoms with Gasteiger partial charge in [0.1, 0.15) is 5.75 Å². The SMILES string of the molecule is CCOc1ccc2c(c1)C=CCN2CC. The molecule has 0 atom stereocenters. The highest BCUT2D eigenvalue weighted by atomic mass is 16.5. The van der Waals surface area contributed by atoms with Crippen molar-refractivity contribution in [2.45, 2.75) is 13.8 Å². The molecule has 1 aliphatic rings. The highest BCUT2D eigenvalue weighted by molar-refractivity contribution is 5.72. The van der Waals surface area contributed by atoms with Gasteiger partial charge in [-0.1, -0.05) is 12.2 Å². The standard InChI is InChI=1S/C13H17NO/c1-3-14-9-5-6-11-10-12(15-4-2)7-8-13(11)14/h5-8,10H,3-4,9H2,1-2H3. The van der Waals surface area contributed by atoms with Gasteiger partial charge in [-0.3, -0.25) is 0 Å². The van der Waals surface area contributed by atoms with E-state index in [0.29, 0.717) is 0 Å². The minimum atomic E-state index is 0.722.